The fourth-order valence-corrected chi connectivity index (χ4v) is 1.89. The van der Waals surface area contributed by atoms with Crippen molar-refractivity contribution < 1.29 is 9.50 Å². The minimum absolute atomic E-state index is 0.194. The molecule has 0 saturated heterocycles. The molecule has 2 aromatic rings. The number of hydrogen-bond acceptors (Lipinski definition) is 5. The largest absolute Gasteiger partial charge is 0.383 e. The molecule has 2 heterocycles. The van der Waals surface area contributed by atoms with Crippen molar-refractivity contribution in [1.29, 1.82) is 0 Å². The fraction of sp³-hybridized carbons (Fsp3) is 0.222. The van der Waals surface area contributed by atoms with Gasteiger partial charge in [0.15, 0.2) is 0 Å². The van der Waals surface area contributed by atoms with E-state index in [0.717, 1.165) is 17.7 Å². The summed E-state index contributed by atoms with van der Waals surface area (Å²) in [5, 5.41) is 13.7. The lowest BCUT2D eigenvalue weighted by molar-refractivity contribution is 0.217. The molecule has 1 N–H and O–H groups in total. The minimum atomic E-state index is -1.02. The second-order valence-corrected chi connectivity index (χ2v) is 3.81. The van der Waals surface area contributed by atoms with E-state index in [1.165, 1.54) is 12.3 Å². The van der Waals surface area contributed by atoms with Crippen molar-refractivity contribution in [3.8, 4) is 0 Å². The van der Waals surface area contributed by atoms with Crippen LogP contribution in [0.25, 0.3) is 0 Å². The molecule has 0 radical (unpaired) electrons. The van der Waals surface area contributed by atoms with Gasteiger partial charge in [-0.2, -0.15) is 0 Å². The molecule has 0 aromatic carbocycles. The van der Waals surface area contributed by atoms with Gasteiger partial charge >= 0.3 is 0 Å². The van der Waals surface area contributed by atoms with Crippen LogP contribution < -0.4 is 0 Å². The first-order valence-electron chi connectivity index (χ1n) is 4.26. The van der Waals surface area contributed by atoms with E-state index in [0.29, 0.717) is 10.6 Å². The number of pyridine rings is 1. The van der Waals surface area contributed by atoms with Crippen LogP contribution >= 0.6 is 11.5 Å². The topological polar surface area (TPSA) is 58.9 Å². The Kier molecular flexibility index (Phi) is 2.70. The van der Waals surface area contributed by atoms with Crippen LogP contribution in [0.4, 0.5) is 4.39 Å². The molecule has 1 unspecified atom stereocenters. The number of aromatic nitrogens is 3. The minimum Gasteiger partial charge on any atom is -0.383 e. The smallest absolute Gasteiger partial charge is 0.147 e. The van der Waals surface area contributed by atoms with Crippen molar-refractivity contribution in [2.45, 2.75) is 13.0 Å². The Hall–Kier alpha value is -1.40. The number of aliphatic hydroxyl groups excluding tert-OH is 1. The van der Waals surface area contributed by atoms with Crippen LogP contribution in [0.3, 0.4) is 0 Å². The Morgan fingerprint density at radius 2 is 2.33 bits per heavy atom. The van der Waals surface area contributed by atoms with Gasteiger partial charge in [-0.3, -0.25) is 4.98 Å². The molecule has 0 aliphatic heterocycles. The van der Waals surface area contributed by atoms with Crippen molar-refractivity contribution in [1.82, 2.24) is 14.6 Å². The summed E-state index contributed by atoms with van der Waals surface area (Å²) in [6, 6.07) is 1.44. The molecule has 15 heavy (non-hydrogen) atoms. The Labute approximate surface area is 89.6 Å². The summed E-state index contributed by atoms with van der Waals surface area (Å²) in [4.78, 5) is 4.17. The zero-order valence-electron chi connectivity index (χ0n) is 7.88. The predicted octanol–water partition coefficient (Wildman–Crippen LogP) is 1.46. The average Bonchev–Trinajstić information content (AvgIpc) is 2.64. The summed E-state index contributed by atoms with van der Waals surface area (Å²) in [6.45, 7) is 1.72. The highest BCUT2D eigenvalue weighted by atomic mass is 32.1. The van der Waals surface area contributed by atoms with Crippen LogP contribution in [0.15, 0.2) is 18.5 Å². The maximum Gasteiger partial charge on any atom is 0.147 e. The molecule has 78 valence electrons. The Morgan fingerprint density at radius 3 is 2.93 bits per heavy atom. The normalized spacial score (nSPS) is 12.7. The maximum absolute atomic E-state index is 13.3. The highest BCUT2D eigenvalue weighted by molar-refractivity contribution is 7.05. The molecular formula is C9H8FN3OS. The predicted molar refractivity (Wildman–Crippen MR) is 52.9 cm³/mol. The van der Waals surface area contributed by atoms with Gasteiger partial charge in [-0.1, -0.05) is 4.49 Å². The van der Waals surface area contributed by atoms with Crippen LogP contribution in [-0.2, 0) is 0 Å². The maximum atomic E-state index is 13.3. The summed E-state index contributed by atoms with van der Waals surface area (Å²) in [7, 11) is 0. The summed E-state index contributed by atoms with van der Waals surface area (Å²) >= 11 is 1.06. The number of aliphatic hydroxyl groups is 1. The molecule has 0 aliphatic carbocycles. The average molecular weight is 225 g/mol. The van der Waals surface area contributed by atoms with E-state index in [9.17, 15) is 9.50 Å². The molecular weight excluding hydrogens is 217 g/mol. The van der Waals surface area contributed by atoms with Crippen molar-refractivity contribution >= 4 is 11.5 Å². The molecule has 0 amide bonds. The molecule has 0 fully saturated rings. The highest BCUT2D eigenvalue weighted by Gasteiger charge is 2.19. The molecule has 1 atom stereocenters. The molecule has 2 rings (SSSR count). The first kappa shape index (κ1) is 10.1. The van der Waals surface area contributed by atoms with E-state index in [4.69, 9.17) is 0 Å². The standard InChI is InChI=1S/C9H8FN3OS/c1-5-9(15-13-12-5)8(14)6-2-3-11-4-7(6)10/h2-4,8,14H,1H3. The zero-order chi connectivity index (χ0) is 10.8. The number of hydrogen-bond donors (Lipinski definition) is 1. The van der Waals surface area contributed by atoms with Gasteiger partial charge in [-0.05, 0) is 24.5 Å². The third-order valence-electron chi connectivity index (χ3n) is 2.03. The summed E-state index contributed by atoms with van der Waals surface area (Å²) in [5.41, 5.74) is 0.808. The third-order valence-corrected chi connectivity index (χ3v) is 2.91. The molecule has 0 spiro atoms. The summed E-state index contributed by atoms with van der Waals surface area (Å²) < 4.78 is 17.0. The molecule has 0 bridgehead atoms. The third kappa shape index (κ3) is 1.86. The Morgan fingerprint density at radius 1 is 1.53 bits per heavy atom. The van der Waals surface area contributed by atoms with Crippen molar-refractivity contribution in [3.05, 3.63) is 40.4 Å². The van der Waals surface area contributed by atoms with Crippen molar-refractivity contribution in [2.24, 2.45) is 0 Å². The lowest BCUT2D eigenvalue weighted by Crippen LogP contribution is -2.02. The molecule has 0 saturated carbocycles. The van der Waals surface area contributed by atoms with Gasteiger partial charge in [0.25, 0.3) is 0 Å². The molecule has 4 nitrogen and oxygen atoms in total. The first-order valence-corrected chi connectivity index (χ1v) is 5.04. The lowest BCUT2D eigenvalue weighted by Gasteiger charge is -2.09. The van der Waals surface area contributed by atoms with Gasteiger partial charge in [-0.15, -0.1) is 5.10 Å². The monoisotopic (exact) mass is 225 g/mol. The SMILES string of the molecule is Cc1nnsc1C(O)c1ccncc1F. The van der Waals surface area contributed by atoms with Crippen LogP contribution in [-0.4, -0.2) is 19.7 Å². The first-order chi connectivity index (χ1) is 7.20. The van der Waals surface area contributed by atoms with Gasteiger partial charge in [0.05, 0.1) is 16.8 Å². The van der Waals surface area contributed by atoms with Crippen LogP contribution in [0, 0.1) is 12.7 Å². The lowest BCUT2D eigenvalue weighted by atomic mass is 10.1. The fourth-order valence-electron chi connectivity index (χ4n) is 1.24. The summed E-state index contributed by atoms with van der Waals surface area (Å²) in [6.07, 6.45) is 1.49. The summed E-state index contributed by atoms with van der Waals surface area (Å²) in [5.74, 6) is -0.530. The van der Waals surface area contributed by atoms with E-state index in [-0.39, 0.29) is 5.56 Å². The van der Waals surface area contributed by atoms with Gasteiger partial charge in [-0.25, -0.2) is 4.39 Å². The van der Waals surface area contributed by atoms with E-state index >= 15 is 0 Å². The van der Waals surface area contributed by atoms with E-state index in [1.54, 1.807) is 6.92 Å². The van der Waals surface area contributed by atoms with E-state index < -0.39 is 11.9 Å². The number of nitrogens with zero attached hydrogens (tertiary/aromatic N) is 3. The van der Waals surface area contributed by atoms with Gasteiger partial charge in [0.1, 0.15) is 11.9 Å². The Balaban J connectivity index is 2.41. The second-order valence-electron chi connectivity index (χ2n) is 3.02. The van der Waals surface area contributed by atoms with Crippen LogP contribution in [0.5, 0.6) is 0 Å². The number of halogens is 1. The second kappa shape index (κ2) is 4.00. The van der Waals surface area contributed by atoms with Crippen LogP contribution in [0.2, 0.25) is 0 Å². The van der Waals surface area contributed by atoms with E-state index in [1.807, 2.05) is 0 Å². The van der Waals surface area contributed by atoms with Crippen molar-refractivity contribution in [2.75, 3.05) is 0 Å². The Bertz CT molecular complexity index is 474. The quantitative estimate of drug-likeness (QED) is 0.840. The zero-order valence-corrected chi connectivity index (χ0v) is 8.70. The van der Waals surface area contributed by atoms with E-state index in [2.05, 4.69) is 14.6 Å². The number of aryl methyl sites for hydroxylation is 1. The van der Waals surface area contributed by atoms with Crippen molar-refractivity contribution in [3.63, 3.8) is 0 Å². The number of rotatable bonds is 2. The highest BCUT2D eigenvalue weighted by Crippen LogP contribution is 2.27. The molecule has 2 aromatic heterocycles. The molecule has 6 heteroatoms. The van der Waals surface area contributed by atoms with Crippen LogP contribution in [0.1, 0.15) is 22.2 Å². The van der Waals surface area contributed by atoms with Gasteiger partial charge < -0.3 is 5.11 Å². The molecule has 0 aliphatic rings. The van der Waals surface area contributed by atoms with Gasteiger partial charge in [0.2, 0.25) is 0 Å². The van der Waals surface area contributed by atoms with Gasteiger partial charge in [0, 0.05) is 11.8 Å².